The standard InChI is InChI=1S/C24H21N5O3S/c1-16-7-6-8-18(13-16)23-26-27-24(28(23)20-9-4-3-5-10-20)33-15-22(30)25-19-12-11-17(2)21(14-19)29(31)32/h3-14H,15H2,1-2H3,(H,25,30). The van der Waals surface area contributed by atoms with Crippen LogP contribution in [0.25, 0.3) is 17.1 Å². The second-order valence-corrected chi connectivity index (χ2v) is 8.38. The van der Waals surface area contributed by atoms with Gasteiger partial charge in [-0.25, -0.2) is 0 Å². The van der Waals surface area contributed by atoms with E-state index in [0.717, 1.165) is 16.8 Å². The largest absolute Gasteiger partial charge is 0.325 e. The first kappa shape index (κ1) is 22.2. The van der Waals surface area contributed by atoms with Crippen LogP contribution in [-0.4, -0.2) is 31.3 Å². The molecule has 1 heterocycles. The number of carbonyl (C=O) groups excluding carboxylic acids is 1. The molecule has 0 fully saturated rings. The number of rotatable bonds is 7. The number of nitro groups is 1. The van der Waals surface area contributed by atoms with Gasteiger partial charge in [-0.05, 0) is 38.1 Å². The summed E-state index contributed by atoms with van der Waals surface area (Å²) < 4.78 is 1.92. The molecule has 0 aliphatic rings. The molecule has 0 bridgehead atoms. The number of nitrogens with one attached hydrogen (secondary N) is 1. The maximum absolute atomic E-state index is 12.6. The maximum Gasteiger partial charge on any atom is 0.274 e. The number of aryl methyl sites for hydroxylation is 2. The second-order valence-electron chi connectivity index (χ2n) is 7.44. The smallest absolute Gasteiger partial charge is 0.274 e. The van der Waals surface area contributed by atoms with Gasteiger partial charge in [0.05, 0.1) is 10.7 Å². The SMILES string of the molecule is Cc1cccc(-c2nnc(SCC(=O)Nc3ccc(C)c([N+](=O)[O-])c3)n2-c2ccccc2)c1. The minimum atomic E-state index is -0.463. The monoisotopic (exact) mass is 459 g/mol. The molecule has 33 heavy (non-hydrogen) atoms. The van der Waals surface area contributed by atoms with Crippen molar-refractivity contribution in [2.24, 2.45) is 0 Å². The van der Waals surface area contributed by atoms with E-state index >= 15 is 0 Å². The molecule has 0 saturated carbocycles. The minimum Gasteiger partial charge on any atom is -0.325 e. The molecule has 0 aliphatic heterocycles. The Morgan fingerprint density at radius 2 is 1.82 bits per heavy atom. The van der Waals surface area contributed by atoms with Crippen molar-refractivity contribution >= 4 is 29.0 Å². The lowest BCUT2D eigenvalue weighted by atomic mass is 10.1. The van der Waals surface area contributed by atoms with E-state index in [4.69, 9.17) is 0 Å². The van der Waals surface area contributed by atoms with Gasteiger partial charge in [-0.1, -0.05) is 59.8 Å². The number of hydrogen-bond acceptors (Lipinski definition) is 6. The van der Waals surface area contributed by atoms with Gasteiger partial charge in [-0.3, -0.25) is 19.5 Å². The van der Waals surface area contributed by atoms with Crippen LogP contribution in [0.4, 0.5) is 11.4 Å². The van der Waals surface area contributed by atoms with E-state index in [1.807, 2.05) is 66.1 Å². The Morgan fingerprint density at radius 1 is 1.03 bits per heavy atom. The molecule has 1 N–H and O–H groups in total. The molecule has 0 spiro atoms. The number of hydrogen-bond donors (Lipinski definition) is 1. The van der Waals surface area contributed by atoms with Crippen molar-refractivity contribution < 1.29 is 9.72 Å². The summed E-state index contributed by atoms with van der Waals surface area (Å²) in [6.45, 7) is 3.67. The fourth-order valence-corrected chi connectivity index (χ4v) is 4.11. The third-order valence-electron chi connectivity index (χ3n) is 4.95. The molecule has 8 nitrogen and oxygen atoms in total. The summed E-state index contributed by atoms with van der Waals surface area (Å²) in [5, 5.41) is 23.2. The summed E-state index contributed by atoms with van der Waals surface area (Å²) in [5.74, 6) is 0.459. The minimum absolute atomic E-state index is 0.0351. The third-order valence-corrected chi connectivity index (χ3v) is 5.87. The number of aromatic nitrogens is 3. The molecule has 3 aromatic carbocycles. The Bertz CT molecular complexity index is 1320. The van der Waals surface area contributed by atoms with Crippen LogP contribution < -0.4 is 5.32 Å². The van der Waals surface area contributed by atoms with Crippen LogP contribution in [0, 0.1) is 24.0 Å². The first-order valence-corrected chi connectivity index (χ1v) is 11.2. The Kier molecular flexibility index (Phi) is 6.50. The van der Waals surface area contributed by atoms with Gasteiger partial charge in [0.1, 0.15) is 0 Å². The topological polar surface area (TPSA) is 103 Å². The molecule has 1 amide bonds. The molecule has 1 aromatic heterocycles. The Morgan fingerprint density at radius 3 is 2.55 bits per heavy atom. The molecule has 0 unspecified atom stereocenters. The lowest BCUT2D eigenvalue weighted by molar-refractivity contribution is -0.385. The van der Waals surface area contributed by atoms with Crippen molar-refractivity contribution in [3.63, 3.8) is 0 Å². The van der Waals surface area contributed by atoms with Crippen molar-refractivity contribution in [1.29, 1.82) is 0 Å². The Balaban J connectivity index is 1.57. The van der Waals surface area contributed by atoms with E-state index < -0.39 is 4.92 Å². The highest BCUT2D eigenvalue weighted by Crippen LogP contribution is 2.29. The highest BCUT2D eigenvalue weighted by atomic mass is 32.2. The van der Waals surface area contributed by atoms with Crippen molar-refractivity contribution in [3.05, 3.63) is 94.0 Å². The highest BCUT2D eigenvalue weighted by Gasteiger charge is 2.18. The summed E-state index contributed by atoms with van der Waals surface area (Å²) in [4.78, 5) is 23.3. The summed E-state index contributed by atoms with van der Waals surface area (Å²) in [6, 6.07) is 22.3. The van der Waals surface area contributed by atoms with Crippen molar-refractivity contribution in [1.82, 2.24) is 14.8 Å². The predicted molar refractivity (Wildman–Crippen MR) is 129 cm³/mol. The van der Waals surface area contributed by atoms with Gasteiger partial charge in [0.25, 0.3) is 5.69 Å². The van der Waals surface area contributed by atoms with Gasteiger partial charge in [0.15, 0.2) is 11.0 Å². The average Bonchev–Trinajstić information content (AvgIpc) is 3.23. The zero-order valence-corrected chi connectivity index (χ0v) is 18.9. The van der Waals surface area contributed by atoms with E-state index in [1.165, 1.54) is 17.8 Å². The van der Waals surface area contributed by atoms with E-state index in [-0.39, 0.29) is 17.3 Å². The van der Waals surface area contributed by atoms with Crippen LogP contribution in [0.5, 0.6) is 0 Å². The quantitative estimate of drug-likeness (QED) is 0.232. The Hall–Kier alpha value is -3.98. The molecular weight excluding hydrogens is 438 g/mol. The van der Waals surface area contributed by atoms with Crippen LogP contribution >= 0.6 is 11.8 Å². The van der Waals surface area contributed by atoms with E-state index in [0.29, 0.717) is 22.2 Å². The van der Waals surface area contributed by atoms with Gasteiger partial charge in [-0.15, -0.1) is 10.2 Å². The molecule has 0 radical (unpaired) electrons. The number of nitrogens with zero attached hydrogens (tertiary/aromatic N) is 4. The highest BCUT2D eigenvalue weighted by molar-refractivity contribution is 7.99. The van der Waals surface area contributed by atoms with Crippen LogP contribution in [0.1, 0.15) is 11.1 Å². The zero-order chi connectivity index (χ0) is 23.4. The van der Waals surface area contributed by atoms with E-state index in [9.17, 15) is 14.9 Å². The number of carbonyl (C=O) groups is 1. The van der Waals surface area contributed by atoms with Crippen molar-refractivity contribution in [2.75, 3.05) is 11.1 Å². The lowest BCUT2D eigenvalue weighted by Gasteiger charge is -2.11. The van der Waals surface area contributed by atoms with E-state index in [2.05, 4.69) is 15.5 Å². The molecule has 0 atom stereocenters. The summed E-state index contributed by atoms with van der Waals surface area (Å²) in [7, 11) is 0. The maximum atomic E-state index is 12.6. The molecule has 166 valence electrons. The normalized spacial score (nSPS) is 10.7. The fourth-order valence-electron chi connectivity index (χ4n) is 3.36. The number of amides is 1. The van der Waals surface area contributed by atoms with Gasteiger partial charge < -0.3 is 5.32 Å². The average molecular weight is 460 g/mol. The molecular formula is C24H21N5O3S. The van der Waals surface area contributed by atoms with Crippen LogP contribution in [0.3, 0.4) is 0 Å². The van der Waals surface area contributed by atoms with Crippen LogP contribution in [0.15, 0.2) is 78.0 Å². The third kappa shape index (κ3) is 5.09. The first-order chi connectivity index (χ1) is 15.9. The predicted octanol–water partition coefficient (Wildman–Crippen LogP) is 5.19. The summed E-state index contributed by atoms with van der Waals surface area (Å²) in [6.07, 6.45) is 0. The van der Waals surface area contributed by atoms with Crippen LogP contribution in [0.2, 0.25) is 0 Å². The lowest BCUT2D eigenvalue weighted by Crippen LogP contribution is -2.14. The molecule has 4 aromatic rings. The first-order valence-electron chi connectivity index (χ1n) is 10.2. The summed E-state index contributed by atoms with van der Waals surface area (Å²) >= 11 is 1.25. The van der Waals surface area contributed by atoms with Crippen molar-refractivity contribution in [3.8, 4) is 17.1 Å². The van der Waals surface area contributed by atoms with Gasteiger partial charge in [0, 0.05) is 28.6 Å². The fraction of sp³-hybridized carbons (Fsp3) is 0.125. The van der Waals surface area contributed by atoms with Gasteiger partial charge in [-0.2, -0.15) is 0 Å². The number of benzene rings is 3. The second kappa shape index (κ2) is 9.66. The van der Waals surface area contributed by atoms with Crippen LogP contribution in [-0.2, 0) is 4.79 Å². The summed E-state index contributed by atoms with van der Waals surface area (Å²) in [5.41, 5.74) is 3.79. The number of para-hydroxylation sites is 1. The number of thioether (sulfide) groups is 1. The van der Waals surface area contributed by atoms with Crippen molar-refractivity contribution in [2.45, 2.75) is 19.0 Å². The zero-order valence-electron chi connectivity index (χ0n) is 18.1. The van der Waals surface area contributed by atoms with E-state index in [1.54, 1.807) is 19.1 Å². The Labute approximate surface area is 194 Å². The number of anilines is 1. The van der Waals surface area contributed by atoms with Gasteiger partial charge in [0.2, 0.25) is 5.91 Å². The molecule has 0 saturated heterocycles. The molecule has 9 heteroatoms. The van der Waals surface area contributed by atoms with Gasteiger partial charge >= 0.3 is 0 Å². The number of nitro benzene ring substituents is 1. The molecule has 4 rings (SSSR count). The molecule has 0 aliphatic carbocycles.